The molecule has 0 fully saturated rings. The average molecular weight is 384 g/mol. The zero-order valence-corrected chi connectivity index (χ0v) is 14.4. The SMILES string of the molecule is COC(=O)c1cc(OC)c(OS(=O)(=O)C(F)(F)F)cc1N=CN(C)C. The molecule has 1 aromatic carbocycles. The van der Waals surface area contributed by atoms with Crippen molar-refractivity contribution in [3.05, 3.63) is 17.7 Å². The lowest BCUT2D eigenvalue weighted by Crippen LogP contribution is -2.28. The number of alkyl halides is 3. The summed E-state index contributed by atoms with van der Waals surface area (Å²) >= 11 is 0. The van der Waals surface area contributed by atoms with Crippen LogP contribution in [0.4, 0.5) is 18.9 Å². The molecule has 0 heterocycles. The molecule has 0 radical (unpaired) electrons. The summed E-state index contributed by atoms with van der Waals surface area (Å²) in [6.07, 6.45) is 1.25. The molecule has 0 bridgehead atoms. The van der Waals surface area contributed by atoms with Crippen molar-refractivity contribution in [2.45, 2.75) is 5.51 Å². The first-order valence-electron chi connectivity index (χ1n) is 6.44. The third-order valence-corrected chi connectivity index (χ3v) is 3.56. The number of halogens is 3. The van der Waals surface area contributed by atoms with Gasteiger partial charge in [-0.1, -0.05) is 0 Å². The Balaban J connectivity index is 3.53. The van der Waals surface area contributed by atoms with Crippen molar-refractivity contribution in [1.29, 1.82) is 0 Å². The minimum absolute atomic E-state index is 0.158. The van der Waals surface area contributed by atoms with Gasteiger partial charge in [0.2, 0.25) is 0 Å². The normalized spacial score (nSPS) is 12.1. The summed E-state index contributed by atoms with van der Waals surface area (Å²) in [5.74, 6) is -2.05. The molecule has 1 aromatic rings. The summed E-state index contributed by atoms with van der Waals surface area (Å²) in [5, 5.41) is 0. The predicted octanol–water partition coefficient (Wildman–Crippen LogP) is 1.93. The molecule has 0 unspecified atom stereocenters. The second-order valence-electron chi connectivity index (χ2n) is 4.70. The molecule has 12 heteroatoms. The van der Waals surface area contributed by atoms with E-state index in [-0.39, 0.29) is 11.3 Å². The van der Waals surface area contributed by atoms with Crippen LogP contribution in [0.2, 0.25) is 0 Å². The maximum Gasteiger partial charge on any atom is 0.534 e. The van der Waals surface area contributed by atoms with Crippen molar-refractivity contribution >= 4 is 28.1 Å². The van der Waals surface area contributed by atoms with Gasteiger partial charge in [0.1, 0.15) is 0 Å². The van der Waals surface area contributed by atoms with E-state index in [0.29, 0.717) is 0 Å². The van der Waals surface area contributed by atoms with Gasteiger partial charge in [-0.3, -0.25) is 0 Å². The fraction of sp³-hybridized carbons (Fsp3) is 0.385. The summed E-state index contributed by atoms with van der Waals surface area (Å²) < 4.78 is 73.4. The molecule has 0 aliphatic carbocycles. The molecule has 8 nitrogen and oxygen atoms in total. The quantitative estimate of drug-likeness (QED) is 0.243. The fourth-order valence-corrected chi connectivity index (χ4v) is 1.96. The molecule has 0 aliphatic heterocycles. The maximum absolute atomic E-state index is 12.5. The highest BCUT2D eigenvalue weighted by atomic mass is 32.2. The lowest BCUT2D eigenvalue weighted by atomic mass is 10.1. The number of rotatable bonds is 6. The summed E-state index contributed by atoms with van der Waals surface area (Å²) in [6.45, 7) is 0. The van der Waals surface area contributed by atoms with Crippen LogP contribution in [0, 0.1) is 0 Å². The first kappa shape index (κ1) is 20.5. The lowest BCUT2D eigenvalue weighted by Gasteiger charge is -2.14. The van der Waals surface area contributed by atoms with E-state index in [0.717, 1.165) is 26.4 Å². The number of carbonyl (C=O) groups is 1. The predicted molar refractivity (Wildman–Crippen MR) is 81.8 cm³/mol. The van der Waals surface area contributed by atoms with Crippen molar-refractivity contribution in [3.63, 3.8) is 0 Å². The Hall–Kier alpha value is -2.50. The van der Waals surface area contributed by atoms with Crippen molar-refractivity contribution in [2.24, 2.45) is 4.99 Å². The van der Waals surface area contributed by atoms with Crippen LogP contribution in [0.25, 0.3) is 0 Å². The van der Waals surface area contributed by atoms with Crippen molar-refractivity contribution in [1.82, 2.24) is 4.90 Å². The molecule has 0 saturated carbocycles. The van der Waals surface area contributed by atoms with E-state index in [9.17, 15) is 26.4 Å². The summed E-state index contributed by atoms with van der Waals surface area (Å²) in [4.78, 5) is 17.2. The molecule has 0 atom stereocenters. The van der Waals surface area contributed by atoms with Crippen molar-refractivity contribution in [2.75, 3.05) is 28.3 Å². The number of esters is 1. The van der Waals surface area contributed by atoms with E-state index >= 15 is 0 Å². The van der Waals surface area contributed by atoms with E-state index < -0.39 is 33.1 Å². The van der Waals surface area contributed by atoms with Gasteiger partial charge in [-0.15, -0.1) is 0 Å². The van der Waals surface area contributed by atoms with Crippen LogP contribution in [0.15, 0.2) is 17.1 Å². The van der Waals surface area contributed by atoms with Crippen LogP contribution < -0.4 is 8.92 Å². The second kappa shape index (κ2) is 7.59. The van der Waals surface area contributed by atoms with Crippen LogP contribution in [0.5, 0.6) is 11.5 Å². The molecule has 25 heavy (non-hydrogen) atoms. The Morgan fingerprint density at radius 1 is 1.20 bits per heavy atom. The number of hydrogen-bond donors (Lipinski definition) is 0. The highest BCUT2D eigenvalue weighted by molar-refractivity contribution is 7.88. The number of hydrogen-bond acceptors (Lipinski definition) is 7. The minimum atomic E-state index is -5.93. The van der Waals surface area contributed by atoms with Gasteiger partial charge in [0.25, 0.3) is 0 Å². The monoisotopic (exact) mass is 384 g/mol. The number of ether oxygens (including phenoxy) is 2. The first-order chi connectivity index (χ1) is 11.4. The second-order valence-corrected chi connectivity index (χ2v) is 6.24. The Morgan fingerprint density at radius 3 is 2.24 bits per heavy atom. The highest BCUT2D eigenvalue weighted by Crippen LogP contribution is 2.38. The lowest BCUT2D eigenvalue weighted by molar-refractivity contribution is -0.0500. The zero-order valence-electron chi connectivity index (χ0n) is 13.6. The third kappa shape index (κ3) is 4.98. The van der Waals surface area contributed by atoms with Crippen LogP contribution in [0.1, 0.15) is 10.4 Å². The van der Waals surface area contributed by atoms with Gasteiger partial charge in [0, 0.05) is 26.2 Å². The third-order valence-electron chi connectivity index (χ3n) is 2.60. The van der Waals surface area contributed by atoms with Crippen LogP contribution in [-0.2, 0) is 14.9 Å². The van der Waals surface area contributed by atoms with Crippen LogP contribution >= 0.6 is 0 Å². The molecule has 0 N–H and O–H groups in total. The number of carbonyl (C=O) groups excluding carboxylic acids is 1. The molecular weight excluding hydrogens is 369 g/mol. The Labute approximate surface area is 141 Å². The maximum atomic E-state index is 12.5. The number of nitrogens with zero attached hydrogens (tertiary/aromatic N) is 2. The highest BCUT2D eigenvalue weighted by Gasteiger charge is 2.49. The number of benzene rings is 1. The summed E-state index contributed by atoms with van der Waals surface area (Å²) in [6, 6.07) is 1.80. The van der Waals surface area contributed by atoms with Crippen LogP contribution in [0.3, 0.4) is 0 Å². The molecule has 0 aliphatic rings. The van der Waals surface area contributed by atoms with E-state index in [1.54, 1.807) is 14.1 Å². The van der Waals surface area contributed by atoms with E-state index in [1.807, 2.05) is 0 Å². The van der Waals surface area contributed by atoms with Crippen molar-refractivity contribution < 1.29 is 40.0 Å². The van der Waals surface area contributed by atoms with Gasteiger partial charge >= 0.3 is 21.6 Å². The summed E-state index contributed by atoms with van der Waals surface area (Å²) in [7, 11) is -0.562. The molecule has 0 aromatic heterocycles. The number of aliphatic imine (C=N–C) groups is 1. The Bertz CT molecular complexity index is 775. The fourth-order valence-electron chi connectivity index (χ4n) is 1.50. The topological polar surface area (TPSA) is 94.5 Å². The van der Waals surface area contributed by atoms with Gasteiger partial charge in [-0.25, -0.2) is 9.79 Å². The van der Waals surface area contributed by atoms with Gasteiger partial charge in [-0.05, 0) is 0 Å². The van der Waals surface area contributed by atoms with Gasteiger partial charge < -0.3 is 18.6 Å². The van der Waals surface area contributed by atoms with Crippen LogP contribution in [-0.4, -0.2) is 59.4 Å². The Morgan fingerprint density at radius 2 is 1.80 bits per heavy atom. The van der Waals surface area contributed by atoms with Crippen molar-refractivity contribution in [3.8, 4) is 11.5 Å². The largest absolute Gasteiger partial charge is 0.534 e. The van der Waals surface area contributed by atoms with Gasteiger partial charge in [-0.2, -0.15) is 21.6 Å². The molecular formula is C13H15F3N2O6S. The Kier molecular flexibility index (Phi) is 6.24. The number of methoxy groups -OCH3 is 2. The molecule has 0 spiro atoms. The van der Waals surface area contributed by atoms with E-state index in [1.165, 1.54) is 11.2 Å². The molecule has 140 valence electrons. The van der Waals surface area contributed by atoms with E-state index in [2.05, 4.69) is 13.9 Å². The minimum Gasteiger partial charge on any atom is -0.493 e. The molecule has 1 rings (SSSR count). The van der Waals surface area contributed by atoms with Gasteiger partial charge in [0.15, 0.2) is 11.5 Å². The first-order valence-corrected chi connectivity index (χ1v) is 7.85. The molecule has 0 amide bonds. The van der Waals surface area contributed by atoms with E-state index in [4.69, 9.17) is 4.74 Å². The van der Waals surface area contributed by atoms with Gasteiger partial charge in [0.05, 0.1) is 31.8 Å². The standard InChI is InChI=1S/C13H15F3N2O6S/c1-18(2)7-17-9-6-11(24-25(20,21)13(14,15)16)10(22-3)5-8(9)12(19)23-4/h5-7H,1-4H3. The zero-order chi connectivity index (χ0) is 19.4. The average Bonchev–Trinajstić information content (AvgIpc) is 2.50. The summed E-state index contributed by atoms with van der Waals surface area (Å²) in [5.41, 5.74) is -5.96. The molecule has 0 saturated heterocycles. The smallest absolute Gasteiger partial charge is 0.493 e.